The van der Waals surface area contributed by atoms with E-state index in [4.69, 9.17) is 9.47 Å². The highest BCUT2D eigenvalue weighted by Crippen LogP contribution is 2.35. The molecule has 6 nitrogen and oxygen atoms in total. The van der Waals surface area contributed by atoms with Gasteiger partial charge in [-0.1, -0.05) is 6.07 Å². The number of carboxylic acid groups (broad SMARTS) is 1. The number of methoxy groups -OCH3 is 2. The second kappa shape index (κ2) is 7.87. The Morgan fingerprint density at radius 1 is 1.10 bits per heavy atom. The minimum Gasteiger partial charge on any atom is -0.497 e. The Morgan fingerprint density at radius 2 is 1.93 bits per heavy atom. The van der Waals surface area contributed by atoms with Crippen molar-refractivity contribution in [2.24, 2.45) is 0 Å². The molecule has 0 spiro atoms. The van der Waals surface area contributed by atoms with E-state index in [0.29, 0.717) is 17.9 Å². The van der Waals surface area contributed by atoms with E-state index in [1.54, 1.807) is 31.4 Å². The van der Waals surface area contributed by atoms with Gasteiger partial charge in [0.1, 0.15) is 11.4 Å². The van der Waals surface area contributed by atoms with E-state index < -0.39 is 11.8 Å². The Labute approximate surface area is 171 Å². The third-order valence-corrected chi connectivity index (χ3v) is 4.94. The first-order valence-electron chi connectivity index (χ1n) is 9.22. The summed E-state index contributed by atoms with van der Waals surface area (Å²) in [4.78, 5) is 18.9. The van der Waals surface area contributed by atoms with E-state index in [1.807, 2.05) is 18.2 Å². The van der Waals surface area contributed by atoms with Gasteiger partial charge >= 0.3 is 5.97 Å². The zero-order chi connectivity index (χ0) is 21.3. The average molecular weight is 406 g/mol. The number of aromatic amines is 1. The van der Waals surface area contributed by atoms with Gasteiger partial charge in [0.25, 0.3) is 0 Å². The molecule has 4 rings (SSSR count). The van der Waals surface area contributed by atoms with Gasteiger partial charge in [-0.15, -0.1) is 0 Å². The number of hydrogen-bond donors (Lipinski definition) is 2. The Balaban J connectivity index is 1.89. The summed E-state index contributed by atoms with van der Waals surface area (Å²) in [6.45, 7) is 0. The summed E-state index contributed by atoms with van der Waals surface area (Å²) in [5.74, 6) is -0.689. The smallest absolute Gasteiger partial charge is 0.354 e. The molecule has 2 aromatic carbocycles. The molecule has 30 heavy (non-hydrogen) atoms. The molecule has 2 heterocycles. The van der Waals surface area contributed by atoms with Gasteiger partial charge in [0.05, 0.1) is 19.9 Å². The fraction of sp³-hybridized carbons (Fsp3) is 0.130. The molecule has 0 aliphatic heterocycles. The molecule has 0 saturated heterocycles. The fourth-order valence-corrected chi connectivity index (χ4v) is 3.49. The molecular formula is C23H19FN2O4. The number of H-pyrrole nitrogens is 1. The Kier molecular flexibility index (Phi) is 5.10. The quantitative estimate of drug-likeness (QED) is 0.486. The van der Waals surface area contributed by atoms with Crippen molar-refractivity contribution in [2.45, 2.75) is 6.42 Å². The van der Waals surface area contributed by atoms with E-state index in [1.165, 1.54) is 19.2 Å². The van der Waals surface area contributed by atoms with Crippen molar-refractivity contribution >= 4 is 16.9 Å². The summed E-state index contributed by atoms with van der Waals surface area (Å²) in [5, 5.41) is 10.2. The first-order valence-corrected chi connectivity index (χ1v) is 9.22. The highest BCUT2D eigenvalue weighted by atomic mass is 19.1. The number of benzene rings is 2. The van der Waals surface area contributed by atoms with Crippen LogP contribution in [0.25, 0.3) is 22.2 Å². The Bertz CT molecular complexity index is 1250. The Hall–Kier alpha value is -3.87. The number of fused-ring (bicyclic) bond motifs is 1. The van der Waals surface area contributed by atoms with Crippen LogP contribution in [-0.4, -0.2) is 35.3 Å². The summed E-state index contributed by atoms with van der Waals surface area (Å²) in [7, 11) is 3.01. The molecule has 152 valence electrons. The number of aromatic nitrogens is 2. The van der Waals surface area contributed by atoms with Crippen LogP contribution in [0.15, 0.2) is 54.6 Å². The van der Waals surface area contributed by atoms with Gasteiger partial charge in [-0.2, -0.15) is 0 Å². The van der Waals surface area contributed by atoms with Crippen LogP contribution in [0, 0.1) is 5.82 Å². The monoisotopic (exact) mass is 406 g/mol. The maximum absolute atomic E-state index is 13.9. The number of aromatic carboxylic acids is 1. The van der Waals surface area contributed by atoms with Crippen LogP contribution < -0.4 is 9.47 Å². The van der Waals surface area contributed by atoms with Crippen LogP contribution in [0.4, 0.5) is 4.39 Å². The maximum atomic E-state index is 13.9. The number of carbonyl (C=O) groups is 1. The van der Waals surface area contributed by atoms with Crippen molar-refractivity contribution in [2.75, 3.05) is 14.2 Å². The standard InChI is InChI=1S/C23H19FN2O4/c1-29-15-7-8-16-17(11-14-4-3-5-19(25-14)23(27)28)22(26-20(16)12-15)13-6-9-18(24)21(10-13)30-2/h3-10,12,26H,11H2,1-2H3,(H,27,28). The molecule has 0 fully saturated rings. The Morgan fingerprint density at radius 3 is 2.67 bits per heavy atom. The predicted molar refractivity (Wildman–Crippen MR) is 111 cm³/mol. The zero-order valence-electron chi connectivity index (χ0n) is 16.4. The average Bonchev–Trinajstić information content (AvgIpc) is 3.11. The van der Waals surface area contributed by atoms with Gasteiger partial charge in [0, 0.05) is 34.6 Å². The van der Waals surface area contributed by atoms with Crippen LogP contribution >= 0.6 is 0 Å². The molecule has 0 bridgehead atoms. The predicted octanol–water partition coefficient (Wildman–Crippen LogP) is 4.68. The molecule has 0 aliphatic carbocycles. The van der Waals surface area contributed by atoms with Gasteiger partial charge in [-0.3, -0.25) is 0 Å². The SMILES string of the molecule is COc1ccc2c(Cc3cccc(C(=O)O)n3)c(-c3ccc(F)c(OC)c3)[nH]c2c1. The lowest BCUT2D eigenvalue weighted by molar-refractivity contribution is 0.0690. The van der Waals surface area contributed by atoms with E-state index in [-0.39, 0.29) is 11.4 Å². The van der Waals surface area contributed by atoms with E-state index in [2.05, 4.69) is 9.97 Å². The molecule has 0 amide bonds. The summed E-state index contributed by atoms with van der Waals surface area (Å²) < 4.78 is 24.4. The lowest BCUT2D eigenvalue weighted by Crippen LogP contribution is -2.03. The topological polar surface area (TPSA) is 84.4 Å². The van der Waals surface area contributed by atoms with Crippen LogP contribution in [0.1, 0.15) is 21.7 Å². The first-order chi connectivity index (χ1) is 14.5. The van der Waals surface area contributed by atoms with Crippen molar-refractivity contribution < 1.29 is 23.8 Å². The molecule has 0 radical (unpaired) electrons. The normalized spacial score (nSPS) is 10.9. The highest BCUT2D eigenvalue weighted by Gasteiger charge is 2.17. The molecule has 4 aromatic rings. The second-order valence-electron chi connectivity index (χ2n) is 6.74. The molecule has 0 unspecified atom stereocenters. The van der Waals surface area contributed by atoms with E-state index in [9.17, 15) is 14.3 Å². The molecule has 7 heteroatoms. The van der Waals surface area contributed by atoms with Crippen molar-refractivity contribution in [1.82, 2.24) is 9.97 Å². The molecular weight excluding hydrogens is 387 g/mol. The number of halogens is 1. The third kappa shape index (κ3) is 3.57. The van der Waals surface area contributed by atoms with Gasteiger partial charge in [0.15, 0.2) is 11.6 Å². The van der Waals surface area contributed by atoms with Crippen LogP contribution in [0.3, 0.4) is 0 Å². The summed E-state index contributed by atoms with van der Waals surface area (Å²) in [6, 6.07) is 15.2. The number of pyridine rings is 1. The van der Waals surface area contributed by atoms with E-state index in [0.717, 1.165) is 27.7 Å². The maximum Gasteiger partial charge on any atom is 0.354 e. The van der Waals surface area contributed by atoms with E-state index >= 15 is 0 Å². The zero-order valence-corrected chi connectivity index (χ0v) is 16.4. The molecule has 0 aliphatic rings. The number of carboxylic acids is 1. The molecule has 0 atom stereocenters. The summed E-state index contributed by atoms with van der Waals surface area (Å²) in [5.41, 5.74) is 3.88. The number of ether oxygens (including phenoxy) is 2. The summed E-state index contributed by atoms with van der Waals surface area (Å²) in [6.07, 6.45) is 0.391. The van der Waals surface area contributed by atoms with Gasteiger partial charge in [-0.25, -0.2) is 14.2 Å². The van der Waals surface area contributed by atoms with Crippen molar-refractivity contribution in [3.05, 3.63) is 77.4 Å². The van der Waals surface area contributed by atoms with Crippen LogP contribution in [0.2, 0.25) is 0 Å². The number of rotatable bonds is 6. The van der Waals surface area contributed by atoms with Gasteiger partial charge < -0.3 is 19.6 Å². The molecule has 2 aromatic heterocycles. The van der Waals surface area contributed by atoms with Crippen molar-refractivity contribution in [1.29, 1.82) is 0 Å². The molecule has 2 N–H and O–H groups in total. The summed E-state index contributed by atoms with van der Waals surface area (Å²) >= 11 is 0. The van der Waals surface area contributed by atoms with Gasteiger partial charge in [0.2, 0.25) is 0 Å². The largest absolute Gasteiger partial charge is 0.497 e. The van der Waals surface area contributed by atoms with Crippen molar-refractivity contribution in [3.63, 3.8) is 0 Å². The number of nitrogens with one attached hydrogen (secondary N) is 1. The molecule has 0 saturated carbocycles. The van der Waals surface area contributed by atoms with Crippen LogP contribution in [0.5, 0.6) is 11.5 Å². The van der Waals surface area contributed by atoms with Crippen LogP contribution in [-0.2, 0) is 6.42 Å². The lowest BCUT2D eigenvalue weighted by atomic mass is 10.0. The highest BCUT2D eigenvalue weighted by molar-refractivity contribution is 5.92. The number of nitrogens with zero attached hydrogens (tertiary/aromatic N) is 1. The van der Waals surface area contributed by atoms with Gasteiger partial charge in [-0.05, 0) is 48.0 Å². The number of hydrogen-bond acceptors (Lipinski definition) is 4. The fourth-order valence-electron chi connectivity index (χ4n) is 3.49. The van der Waals surface area contributed by atoms with Crippen molar-refractivity contribution in [3.8, 4) is 22.8 Å². The lowest BCUT2D eigenvalue weighted by Gasteiger charge is -2.08. The minimum absolute atomic E-state index is 0.0148. The minimum atomic E-state index is -1.08. The third-order valence-electron chi connectivity index (χ3n) is 4.94. The second-order valence-corrected chi connectivity index (χ2v) is 6.74. The first kappa shape index (κ1) is 19.4.